The first-order valence-electron chi connectivity index (χ1n) is 6.78. The fraction of sp³-hybridized carbons (Fsp3) is 0.467. The van der Waals surface area contributed by atoms with Crippen molar-refractivity contribution >= 4 is 33.1 Å². The third-order valence-corrected chi connectivity index (χ3v) is 4.69. The molecule has 5 heteroatoms. The number of thiophene rings is 1. The van der Waals surface area contributed by atoms with Gasteiger partial charge in [-0.3, -0.25) is 4.79 Å². The molecule has 2 aromatic rings. The van der Waals surface area contributed by atoms with E-state index in [4.69, 9.17) is 5.73 Å². The van der Waals surface area contributed by atoms with Crippen molar-refractivity contribution in [2.45, 2.75) is 40.7 Å². The van der Waals surface area contributed by atoms with Crippen LogP contribution in [0.5, 0.6) is 0 Å². The second-order valence-corrected chi connectivity index (χ2v) is 6.61. The standard InChI is InChI=1S/C15H21N3OS/c1-7(2)10(5)18-14(19)13-12(16)11-8(3)6-9(4)17-15(11)20-13/h6-7,10H,16H2,1-5H3,(H,18,19). The molecule has 0 fully saturated rings. The number of aromatic nitrogens is 1. The average Bonchev–Trinajstić information content (AvgIpc) is 2.66. The van der Waals surface area contributed by atoms with Gasteiger partial charge in [-0.1, -0.05) is 13.8 Å². The highest BCUT2D eigenvalue weighted by Crippen LogP contribution is 2.34. The van der Waals surface area contributed by atoms with Crippen LogP contribution in [0.25, 0.3) is 10.2 Å². The van der Waals surface area contributed by atoms with Crippen LogP contribution in [0.15, 0.2) is 6.07 Å². The van der Waals surface area contributed by atoms with E-state index >= 15 is 0 Å². The largest absolute Gasteiger partial charge is 0.397 e. The summed E-state index contributed by atoms with van der Waals surface area (Å²) in [5.41, 5.74) is 8.71. The lowest BCUT2D eigenvalue weighted by Gasteiger charge is -2.16. The van der Waals surface area contributed by atoms with Gasteiger partial charge in [0, 0.05) is 17.1 Å². The molecule has 2 aromatic heterocycles. The van der Waals surface area contributed by atoms with Gasteiger partial charge < -0.3 is 11.1 Å². The first kappa shape index (κ1) is 14.8. The molecule has 1 amide bonds. The summed E-state index contributed by atoms with van der Waals surface area (Å²) >= 11 is 1.37. The molecule has 108 valence electrons. The monoisotopic (exact) mass is 291 g/mol. The van der Waals surface area contributed by atoms with Crippen LogP contribution in [0.3, 0.4) is 0 Å². The molecule has 0 saturated carbocycles. The van der Waals surface area contributed by atoms with Crippen molar-refractivity contribution in [1.82, 2.24) is 10.3 Å². The van der Waals surface area contributed by atoms with Crippen LogP contribution in [0.2, 0.25) is 0 Å². The number of nitrogens with two attached hydrogens (primary N) is 1. The Kier molecular flexibility index (Phi) is 3.99. The number of hydrogen-bond acceptors (Lipinski definition) is 4. The molecule has 2 heterocycles. The lowest BCUT2D eigenvalue weighted by atomic mass is 10.1. The second kappa shape index (κ2) is 5.40. The lowest BCUT2D eigenvalue weighted by Crippen LogP contribution is -2.35. The fourth-order valence-electron chi connectivity index (χ4n) is 2.08. The van der Waals surface area contributed by atoms with Gasteiger partial charge in [0.05, 0.1) is 5.69 Å². The maximum Gasteiger partial charge on any atom is 0.263 e. The smallest absolute Gasteiger partial charge is 0.263 e. The Hall–Kier alpha value is -1.62. The first-order chi connectivity index (χ1) is 9.31. The summed E-state index contributed by atoms with van der Waals surface area (Å²) in [6.07, 6.45) is 0. The lowest BCUT2D eigenvalue weighted by molar-refractivity contribution is 0.0935. The highest BCUT2D eigenvalue weighted by atomic mass is 32.1. The number of pyridine rings is 1. The van der Waals surface area contributed by atoms with Crippen LogP contribution in [0.1, 0.15) is 41.7 Å². The quantitative estimate of drug-likeness (QED) is 0.912. The number of nitrogen functional groups attached to an aromatic ring is 1. The molecule has 0 bridgehead atoms. The predicted octanol–water partition coefficient (Wildman–Crippen LogP) is 3.27. The fourth-order valence-corrected chi connectivity index (χ4v) is 3.20. The molecule has 0 saturated heterocycles. The van der Waals surface area contributed by atoms with Gasteiger partial charge in [0.1, 0.15) is 9.71 Å². The van der Waals surface area contributed by atoms with E-state index in [0.29, 0.717) is 16.5 Å². The number of aryl methyl sites for hydroxylation is 2. The summed E-state index contributed by atoms with van der Waals surface area (Å²) in [5.74, 6) is 0.278. The number of nitrogens with one attached hydrogen (secondary N) is 1. The Labute approximate surface area is 123 Å². The Bertz CT molecular complexity index is 661. The number of nitrogens with zero attached hydrogens (tertiary/aromatic N) is 1. The number of carbonyl (C=O) groups is 1. The van der Waals surface area contributed by atoms with E-state index < -0.39 is 0 Å². The van der Waals surface area contributed by atoms with Crippen molar-refractivity contribution in [1.29, 1.82) is 0 Å². The third kappa shape index (κ3) is 2.63. The third-order valence-electron chi connectivity index (χ3n) is 3.59. The van der Waals surface area contributed by atoms with Gasteiger partial charge in [0.15, 0.2) is 0 Å². The summed E-state index contributed by atoms with van der Waals surface area (Å²) < 4.78 is 0. The van der Waals surface area contributed by atoms with E-state index in [-0.39, 0.29) is 11.9 Å². The summed E-state index contributed by atoms with van der Waals surface area (Å²) in [7, 11) is 0. The van der Waals surface area contributed by atoms with Crippen LogP contribution in [0, 0.1) is 19.8 Å². The van der Waals surface area contributed by atoms with Crippen LogP contribution >= 0.6 is 11.3 Å². The SMILES string of the molecule is Cc1cc(C)c2c(N)c(C(=O)NC(C)C(C)C)sc2n1. The number of hydrogen-bond donors (Lipinski definition) is 2. The summed E-state index contributed by atoms with van der Waals surface area (Å²) in [6.45, 7) is 10.1. The zero-order valence-corrected chi connectivity index (χ0v) is 13.4. The number of carbonyl (C=O) groups excluding carboxylic acids is 1. The molecule has 0 aliphatic heterocycles. The Morgan fingerprint density at radius 2 is 2.00 bits per heavy atom. The van der Waals surface area contributed by atoms with Gasteiger partial charge in [0.2, 0.25) is 0 Å². The Morgan fingerprint density at radius 1 is 1.35 bits per heavy atom. The van der Waals surface area contributed by atoms with Gasteiger partial charge >= 0.3 is 0 Å². The minimum atomic E-state index is -0.108. The molecule has 0 aromatic carbocycles. The van der Waals surface area contributed by atoms with Crippen LogP contribution in [-0.2, 0) is 0 Å². The highest BCUT2D eigenvalue weighted by Gasteiger charge is 2.20. The Balaban J connectivity index is 2.43. The topological polar surface area (TPSA) is 68.0 Å². The van der Waals surface area contributed by atoms with Gasteiger partial charge in [-0.05, 0) is 38.3 Å². The van der Waals surface area contributed by atoms with E-state index in [9.17, 15) is 4.79 Å². The average molecular weight is 291 g/mol. The number of amides is 1. The summed E-state index contributed by atoms with van der Waals surface area (Å²) in [5, 5.41) is 3.90. The maximum atomic E-state index is 12.3. The van der Waals surface area contributed by atoms with Gasteiger partial charge in [-0.2, -0.15) is 0 Å². The van der Waals surface area contributed by atoms with Crippen molar-refractivity contribution in [3.05, 3.63) is 22.2 Å². The van der Waals surface area contributed by atoms with Crippen LogP contribution in [0.4, 0.5) is 5.69 Å². The molecular weight excluding hydrogens is 270 g/mol. The first-order valence-corrected chi connectivity index (χ1v) is 7.60. The minimum Gasteiger partial charge on any atom is -0.397 e. The number of fused-ring (bicyclic) bond motifs is 1. The minimum absolute atomic E-state index is 0.108. The number of rotatable bonds is 3. The highest BCUT2D eigenvalue weighted by molar-refractivity contribution is 7.21. The molecule has 20 heavy (non-hydrogen) atoms. The molecule has 2 rings (SSSR count). The van der Waals surface area contributed by atoms with Crippen molar-refractivity contribution in [2.24, 2.45) is 5.92 Å². The van der Waals surface area contributed by atoms with Gasteiger partial charge in [0.25, 0.3) is 5.91 Å². The van der Waals surface area contributed by atoms with Crippen molar-refractivity contribution in [3.63, 3.8) is 0 Å². The van der Waals surface area contributed by atoms with Gasteiger partial charge in [-0.25, -0.2) is 4.98 Å². The van der Waals surface area contributed by atoms with E-state index in [2.05, 4.69) is 24.1 Å². The van der Waals surface area contributed by atoms with E-state index in [0.717, 1.165) is 21.5 Å². The van der Waals surface area contributed by atoms with E-state index in [1.807, 2.05) is 26.8 Å². The zero-order chi connectivity index (χ0) is 15.0. The zero-order valence-electron chi connectivity index (χ0n) is 12.6. The molecule has 1 unspecified atom stereocenters. The molecule has 0 spiro atoms. The molecule has 0 aliphatic carbocycles. The maximum absolute atomic E-state index is 12.3. The summed E-state index contributed by atoms with van der Waals surface area (Å²) in [4.78, 5) is 18.2. The van der Waals surface area contributed by atoms with Crippen molar-refractivity contribution < 1.29 is 4.79 Å². The molecule has 4 nitrogen and oxygen atoms in total. The molecule has 1 atom stereocenters. The summed E-state index contributed by atoms with van der Waals surface area (Å²) in [6, 6.07) is 2.10. The van der Waals surface area contributed by atoms with Crippen molar-refractivity contribution in [3.8, 4) is 0 Å². The molecule has 0 radical (unpaired) electrons. The predicted molar refractivity (Wildman–Crippen MR) is 85.3 cm³/mol. The van der Waals surface area contributed by atoms with Crippen LogP contribution in [-0.4, -0.2) is 16.9 Å². The second-order valence-electron chi connectivity index (χ2n) is 5.61. The molecular formula is C15H21N3OS. The Morgan fingerprint density at radius 3 is 2.60 bits per heavy atom. The molecule has 3 N–H and O–H groups in total. The normalized spacial score (nSPS) is 12.9. The van der Waals surface area contributed by atoms with Gasteiger partial charge in [-0.15, -0.1) is 11.3 Å². The van der Waals surface area contributed by atoms with E-state index in [1.165, 1.54) is 11.3 Å². The van der Waals surface area contributed by atoms with Crippen LogP contribution < -0.4 is 11.1 Å². The number of anilines is 1. The molecule has 0 aliphatic rings. The van der Waals surface area contributed by atoms with E-state index in [1.54, 1.807) is 0 Å². The van der Waals surface area contributed by atoms with Crippen molar-refractivity contribution in [2.75, 3.05) is 5.73 Å².